The Balaban J connectivity index is 2.21. The zero-order valence-corrected chi connectivity index (χ0v) is 7.89. The molecule has 1 heterocycles. The first kappa shape index (κ1) is 8.06. The summed E-state index contributed by atoms with van der Waals surface area (Å²) in [5, 5.41) is 0. The summed E-state index contributed by atoms with van der Waals surface area (Å²) in [4.78, 5) is 0. The van der Waals surface area contributed by atoms with Crippen LogP contribution in [0.15, 0.2) is 23.8 Å². The van der Waals surface area contributed by atoms with Gasteiger partial charge in [-0.1, -0.05) is 30.7 Å². The summed E-state index contributed by atoms with van der Waals surface area (Å²) in [6.07, 6.45) is 3.44. The van der Waals surface area contributed by atoms with E-state index in [-0.39, 0.29) is 0 Å². The van der Waals surface area contributed by atoms with Crippen molar-refractivity contribution in [3.05, 3.63) is 23.8 Å². The summed E-state index contributed by atoms with van der Waals surface area (Å²) in [6.45, 7) is 10.2. The Hall–Kier alpha value is -0.560. The molecule has 2 atom stereocenters. The number of rotatable bonds is 1. The zero-order valence-electron chi connectivity index (χ0n) is 7.89. The fourth-order valence-corrected chi connectivity index (χ4v) is 2.25. The topological polar surface area (TPSA) is 9.23 Å². The lowest BCUT2D eigenvalue weighted by atomic mass is 9.55. The molecule has 1 heteroatoms. The quantitative estimate of drug-likeness (QED) is 0.541. The molecule has 0 saturated heterocycles. The Morgan fingerprint density at radius 2 is 2.50 bits per heavy atom. The maximum Gasteiger partial charge on any atom is 0.0650 e. The number of hydrogen-bond donors (Lipinski definition) is 0. The minimum Gasteiger partial charge on any atom is -0.377 e. The van der Waals surface area contributed by atoms with Crippen molar-refractivity contribution in [2.45, 2.75) is 20.3 Å². The van der Waals surface area contributed by atoms with Gasteiger partial charge in [0.25, 0.3) is 0 Å². The molecule has 0 aromatic carbocycles. The Kier molecular flexibility index (Phi) is 1.65. The molecule has 0 spiro atoms. The molecular formula is C11H16O. The molecule has 0 bridgehead atoms. The molecule has 2 rings (SSSR count). The third kappa shape index (κ3) is 0.893. The molecule has 0 radical (unpaired) electrons. The Bertz CT molecular complexity index is 252. The molecule has 0 aromatic heterocycles. The third-order valence-electron chi connectivity index (χ3n) is 3.51. The van der Waals surface area contributed by atoms with Crippen molar-refractivity contribution in [1.29, 1.82) is 0 Å². The number of allylic oxidation sites excluding steroid dienone is 1. The first-order valence-corrected chi connectivity index (χ1v) is 4.57. The predicted octanol–water partition coefficient (Wildman–Crippen LogP) is 2.55. The van der Waals surface area contributed by atoms with Gasteiger partial charge in [-0.3, -0.25) is 0 Å². The molecule has 1 fully saturated rings. The van der Waals surface area contributed by atoms with E-state index in [2.05, 4.69) is 26.5 Å². The average molecular weight is 164 g/mol. The van der Waals surface area contributed by atoms with E-state index in [1.54, 1.807) is 5.57 Å². The van der Waals surface area contributed by atoms with Crippen LogP contribution in [-0.2, 0) is 4.74 Å². The minimum absolute atomic E-state index is 0.326. The van der Waals surface area contributed by atoms with Gasteiger partial charge < -0.3 is 4.74 Å². The van der Waals surface area contributed by atoms with Crippen molar-refractivity contribution in [2.75, 3.05) is 13.2 Å². The van der Waals surface area contributed by atoms with E-state index in [1.165, 1.54) is 12.0 Å². The van der Waals surface area contributed by atoms with E-state index >= 15 is 0 Å². The molecule has 1 saturated carbocycles. The third-order valence-corrected chi connectivity index (χ3v) is 3.51. The van der Waals surface area contributed by atoms with Gasteiger partial charge in [0.2, 0.25) is 0 Å². The van der Waals surface area contributed by atoms with E-state index < -0.39 is 0 Å². The minimum atomic E-state index is 0.326. The van der Waals surface area contributed by atoms with Crippen LogP contribution in [0.4, 0.5) is 0 Å². The first-order valence-electron chi connectivity index (χ1n) is 4.57. The summed E-state index contributed by atoms with van der Waals surface area (Å²) in [5.74, 6) is 0.628. The molecular weight excluding hydrogens is 148 g/mol. The second-order valence-corrected chi connectivity index (χ2v) is 4.24. The number of fused-ring (bicyclic) bond motifs is 1. The normalized spacial score (nSPS) is 39.5. The molecule has 2 unspecified atom stereocenters. The molecule has 1 nitrogen and oxygen atoms in total. The van der Waals surface area contributed by atoms with Crippen LogP contribution in [-0.4, -0.2) is 13.2 Å². The number of ether oxygens (including phenoxy) is 1. The fraction of sp³-hybridized carbons (Fsp3) is 0.636. The van der Waals surface area contributed by atoms with E-state index in [4.69, 9.17) is 4.74 Å². The Labute approximate surface area is 74.1 Å². The van der Waals surface area contributed by atoms with Crippen LogP contribution in [0.3, 0.4) is 0 Å². The van der Waals surface area contributed by atoms with Crippen molar-refractivity contribution in [3.63, 3.8) is 0 Å². The lowest BCUT2D eigenvalue weighted by Crippen LogP contribution is -2.45. The monoisotopic (exact) mass is 164 g/mol. The van der Waals surface area contributed by atoms with Gasteiger partial charge in [0.15, 0.2) is 0 Å². The number of hydrogen-bond acceptors (Lipinski definition) is 1. The van der Waals surface area contributed by atoms with E-state index in [1.807, 2.05) is 0 Å². The summed E-state index contributed by atoms with van der Waals surface area (Å²) >= 11 is 0. The summed E-state index contributed by atoms with van der Waals surface area (Å²) < 4.78 is 5.43. The summed E-state index contributed by atoms with van der Waals surface area (Å²) in [6, 6.07) is 0. The lowest BCUT2D eigenvalue weighted by Gasteiger charge is -2.51. The Morgan fingerprint density at radius 1 is 1.75 bits per heavy atom. The molecule has 2 aliphatic rings. The standard InChI is InChI=1S/C11H16O/c1-8(2)11(3)6-9-4-5-12-7-10(9)11/h4,10H,1,5-7H2,2-3H3. The average Bonchev–Trinajstić information content (AvgIpc) is 2.02. The van der Waals surface area contributed by atoms with Crippen LogP contribution in [0.1, 0.15) is 20.3 Å². The molecule has 1 aliphatic heterocycles. The van der Waals surface area contributed by atoms with Crippen molar-refractivity contribution in [1.82, 2.24) is 0 Å². The van der Waals surface area contributed by atoms with Gasteiger partial charge in [0.1, 0.15) is 0 Å². The second-order valence-electron chi connectivity index (χ2n) is 4.24. The highest BCUT2D eigenvalue weighted by Gasteiger charge is 2.47. The summed E-state index contributed by atoms with van der Waals surface area (Å²) in [7, 11) is 0. The lowest BCUT2D eigenvalue weighted by molar-refractivity contribution is 0.0325. The van der Waals surface area contributed by atoms with E-state index in [0.29, 0.717) is 11.3 Å². The van der Waals surface area contributed by atoms with Gasteiger partial charge in [-0.15, -0.1) is 0 Å². The van der Waals surface area contributed by atoms with Gasteiger partial charge in [-0.2, -0.15) is 0 Å². The van der Waals surface area contributed by atoms with Gasteiger partial charge in [-0.05, 0) is 13.3 Å². The highest BCUT2D eigenvalue weighted by atomic mass is 16.5. The first-order chi connectivity index (χ1) is 5.64. The predicted molar refractivity (Wildman–Crippen MR) is 49.9 cm³/mol. The van der Waals surface area contributed by atoms with Gasteiger partial charge in [0, 0.05) is 11.3 Å². The maximum atomic E-state index is 5.43. The van der Waals surface area contributed by atoms with Gasteiger partial charge >= 0.3 is 0 Å². The van der Waals surface area contributed by atoms with Gasteiger partial charge in [0.05, 0.1) is 13.2 Å². The van der Waals surface area contributed by atoms with E-state index in [0.717, 1.165) is 13.2 Å². The molecule has 0 amide bonds. The molecule has 66 valence electrons. The highest BCUT2D eigenvalue weighted by molar-refractivity contribution is 5.32. The second kappa shape index (κ2) is 2.46. The maximum absolute atomic E-state index is 5.43. The fourth-order valence-electron chi connectivity index (χ4n) is 2.25. The molecule has 12 heavy (non-hydrogen) atoms. The van der Waals surface area contributed by atoms with Crippen molar-refractivity contribution in [2.24, 2.45) is 11.3 Å². The Morgan fingerprint density at radius 3 is 3.08 bits per heavy atom. The molecule has 0 aromatic rings. The smallest absolute Gasteiger partial charge is 0.0650 e. The van der Waals surface area contributed by atoms with Crippen LogP contribution in [0.25, 0.3) is 0 Å². The van der Waals surface area contributed by atoms with Crippen LogP contribution >= 0.6 is 0 Å². The van der Waals surface area contributed by atoms with Crippen molar-refractivity contribution >= 4 is 0 Å². The SMILES string of the molecule is C=C(C)C1(C)CC2=CCOCC21. The van der Waals surface area contributed by atoms with Crippen LogP contribution < -0.4 is 0 Å². The highest BCUT2D eigenvalue weighted by Crippen LogP contribution is 2.55. The molecule has 0 N–H and O–H groups in total. The van der Waals surface area contributed by atoms with Gasteiger partial charge in [-0.25, -0.2) is 0 Å². The molecule has 1 aliphatic carbocycles. The van der Waals surface area contributed by atoms with E-state index in [9.17, 15) is 0 Å². The van der Waals surface area contributed by atoms with Crippen LogP contribution in [0.5, 0.6) is 0 Å². The largest absolute Gasteiger partial charge is 0.377 e. The van der Waals surface area contributed by atoms with Crippen LogP contribution in [0.2, 0.25) is 0 Å². The van der Waals surface area contributed by atoms with Crippen molar-refractivity contribution in [3.8, 4) is 0 Å². The zero-order chi connectivity index (χ0) is 8.77. The van der Waals surface area contributed by atoms with Crippen LogP contribution in [0, 0.1) is 11.3 Å². The van der Waals surface area contributed by atoms with Crippen molar-refractivity contribution < 1.29 is 4.74 Å². The summed E-state index contributed by atoms with van der Waals surface area (Å²) in [5.41, 5.74) is 3.22.